The third kappa shape index (κ3) is 3.37. The van der Waals surface area contributed by atoms with Crippen LogP contribution in [0.5, 0.6) is 0 Å². The molecule has 1 N–H and O–H groups in total. The molecule has 0 aliphatic carbocycles. The minimum Gasteiger partial charge on any atom is -0.508 e. The highest BCUT2D eigenvalue weighted by atomic mass is 16.3. The number of ketones is 1. The molecule has 0 saturated carbocycles. The minimum atomic E-state index is -0.441. The normalized spacial score (nSPS) is 12.8. The average molecular weight is 168 g/mol. The Kier molecular flexibility index (Phi) is 3.25. The van der Waals surface area contributed by atoms with E-state index in [2.05, 4.69) is 6.58 Å². The van der Waals surface area contributed by atoms with E-state index in [1.165, 1.54) is 6.08 Å². The molecule has 0 unspecified atom stereocenters. The van der Waals surface area contributed by atoms with Gasteiger partial charge in [-0.3, -0.25) is 4.79 Å². The highest BCUT2D eigenvalue weighted by molar-refractivity contribution is 5.94. The first-order chi connectivity index (χ1) is 5.25. The summed E-state index contributed by atoms with van der Waals surface area (Å²) in [6, 6.07) is 0. The van der Waals surface area contributed by atoms with Crippen LogP contribution in [0.2, 0.25) is 0 Å². The Morgan fingerprint density at radius 2 is 1.83 bits per heavy atom. The van der Waals surface area contributed by atoms with Gasteiger partial charge in [-0.15, -0.1) is 0 Å². The summed E-state index contributed by atoms with van der Waals surface area (Å²) < 4.78 is 0. The summed E-state index contributed by atoms with van der Waals surface area (Å²) in [6.07, 6.45) is 1.22. The zero-order chi connectivity index (χ0) is 9.94. The first-order valence-electron chi connectivity index (χ1n) is 3.86. The Morgan fingerprint density at radius 3 is 2.08 bits per heavy atom. The van der Waals surface area contributed by atoms with E-state index in [-0.39, 0.29) is 11.5 Å². The van der Waals surface area contributed by atoms with E-state index in [4.69, 9.17) is 0 Å². The smallest absolute Gasteiger partial charge is 0.164 e. The van der Waals surface area contributed by atoms with Gasteiger partial charge in [-0.2, -0.15) is 0 Å². The monoisotopic (exact) mass is 168 g/mol. The number of hydrogen-bond acceptors (Lipinski definition) is 2. The molecule has 0 atom stereocenters. The molecule has 0 saturated heterocycles. The van der Waals surface area contributed by atoms with Gasteiger partial charge in [0.1, 0.15) is 5.76 Å². The molecule has 0 fully saturated rings. The summed E-state index contributed by atoms with van der Waals surface area (Å²) >= 11 is 0. The minimum absolute atomic E-state index is 0.0325. The second-order valence-electron chi connectivity index (χ2n) is 3.92. The maximum atomic E-state index is 11.3. The van der Waals surface area contributed by atoms with Gasteiger partial charge in [-0.05, 0) is 12.5 Å². The Hall–Kier alpha value is -1.05. The summed E-state index contributed by atoms with van der Waals surface area (Å²) in [5, 5.41) is 9.20. The predicted molar refractivity (Wildman–Crippen MR) is 50.0 cm³/mol. The molecule has 12 heavy (non-hydrogen) atoms. The van der Waals surface area contributed by atoms with Gasteiger partial charge in [-0.25, -0.2) is 0 Å². The van der Waals surface area contributed by atoms with Gasteiger partial charge < -0.3 is 5.11 Å². The fourth-order valence-electron chi connectivity index (χ4n) is 0.464. The average Bonchev–Trinajstić information content (AvgIpc) is 1.85. The molecule has 0 radical (unpaired) electrons. The molecule has 2 nitrogen and oxygen atoms in total. The van der Waals surface area contributed by atoms with Crippen molar-refractivity contribution in [3.05, 3.63) is 24.0 Å². The van der Waals surface area contributed by atoms with Crippen molar-refractivity contribution in [1.29, 1.82) is 0 Å². The third-order valence-electron chi connectivity index (χ3n) is 1.44. The lowest BCUT2D eigenvalue weighted by Gasteiger charge is -2.13. The number of carbonyl (C=O) groups excluding carboxylic acids is 1. The zero-order valence-electron chi connectivity index (χ0n) is 8.14. The second-order valence-corrected chi connectivity index (χ2v) is 3.92. The van der Waals surface area contributed by atoms with Crippen LogP contribution in [0.3, 0.4) is 0 Å². The lowest BCUT2D eigenvalue weighted by Crippen LogP contribution is -2.18. The lowest BCUT2D eigenvalue weighted by atomic mass is 9.90. The molecule has 0 aromatic carbocycles. The van der Waals surface area contributed by atoms with Crippen molar-refractivity contribution in [2.24, 2.45) is 5.41 Å². The Labute approximate surface area is 73.6 Å². The second kappa shape index (κ2) is 3.57. The number of hydrogen-bond donors (Lipinski definition) is 1. The largest absolute Gasteiger partial charge is 0.508 e. The number of aliphatic hydroxyl groups is 1. The summed E-state index contributed by atoms with van der Waals surface area (Å²) in [6.45, 7) is 10.6. The fourth-order valence-corrected chi connectivity index (χ4v) is 0.464. The summed E-state index contributed by atoms with van der Waals surface area (Å²) in [5.41, 5.74) is 0.0660. The van der Waals surface area contributed by atoms with E-state index in [1.54, 1.807) is 27.7 Å². The molecule has 0 rings (SSSR count). The standard InChI is InChI=1S/C10H16O2/c1-7(2)8(11)6-9(12)10(3,4)5/h6,11H,1H2,2-5H3. The molecule has 2 heteroatoms. The Morgan fingerprint density at radius 1 is 1.42 bits per heavy atom. The predicted octanol–water partition coefficient (Wildman–Crippen LogP) is 2.62. The van der Waals surface area contributed by atoms with E-state index in [9.17, 15) is 9.90 Å². The molecule has 0 aliphatic rings. The molecular formula is C10H16O2. The van der Waals surface area contributed by atoms with Crippen molar-refractivity contribution in [2.75, 3.05) is 0 Å². The summed E-state index contributed by atoms with van der Waals surface area (Å²) in [4.78, 5) is 11.3. The SMILES string of the molecule is C=C(C)C(O)=CC(=O)C(C)(C)C. The number of carbonyl (C=O) groups is 1. The van der Waals surface area contributed by atoms with Crippen LogP contribution in [0.15, 0.2) is 24.0 Å². The number of allylic oxidation sites excluding steroid dienone is 2. The molecule has 0 aliphatic heterocycles. The van der Waals surface area contributed by atoms with E-state index >= 15 is 0 Å². The lowest BCUT2D eigenvalue weighted by molar-refractivity contribution is -0.121. The van der Waals surface area contributed by atoms with Crippen molar-refractivity contribution in [3.63, 3.8) is 0 Å². The van der Waals surface area contributed by atoms with Crippen molar-refractivity contribution >= 4 is 5.78 Å². The molecule has 0 heterocycles. The zero-order valence-corrected chi connectivity index (χ0v) is 8.14. The molecule has 0 amide bonds. The van der Waals surface area contributed by atoms with E-state index in [1.807, 2.05) is 0 Å². The molecule has 0 spiro atoms. The van der Waals surface area contributed by atoms with Gasteiger partial charge in [0.2, 0.25) is 0 Å². The topological polar surface area (TPSA) is 37.3 Å². The highest BCUT2D eigenvalue weighted by Crippen LogP contribution is 2.16. The molecule has 0 bridgehead atoms. The Balaban J connectivity index is 4.57. The molecule has 0 aromatic heterocycles. The number of rotatable bonds is 2. The molecular weight excluding hydrogens is 152 g/mol. The molecule has 68 valence electrons. The van der Waals surface area contributed by atoms with Gasteiger partial charge in [-0.1, -0.05) is 27.4 Å². The maximum absolute atomic E-state index is 11.3. The van der Waals surface area contributed by atoms with Crippen LogP contribution >= 0.6 is 0 Å². The van der Waals surface area contributed by atoms with E-state index in [0.717, 1.165) is 0 Å². The maximum Gasteiger partial charge on any atom is 0.164 e. The van der Waals surface area contributed by atoms with Gasteiger partial charge in [0, 0.05) is 11.5 Å². The highest BCUT2D eigenvalue weighted by Gasteiger charge is 2.19. The first kappa shape index (κ1) is 11.0. The summed E-state index contributed by atoms with van der Waals surface area (Å²) in [5.74, 6) is -0.127. The summed E-state index contributed by atoms with van der Waals surface area (Å²) in [7, 11) is 0. The van der Waals surface area contributed by atoms with Gasteiger partial charge in [0.15, 0.2) is 5.78 Å². The Bertz CT molecular complexity index is 229. The van der Waals surface area contributed by atoms with Crippen LogP contribution in [-0.2, 0) is 4.79 Å². The van der Waals surface area contributed by atoms with Crippen LogP contribution in [0.1, 0.15) is 27.7 Å². The van der Waals surface area contributed by atoms with Crippen LogP contribution in [0, 0.1) is 5.41 Å². The van der Waals surface area contributed by atoms with Gasteiger partial charge in [0.05, 0.1) is 0 Å². The fraction of sp³-hybridized carbons (Fsp3) is 0.500. The third-order valence-corrected chi connectivity index (χ3v) is 1.44. The molecule has 0 aromatic rings. The van der Waals surface area contributed by atoms with Crippen molar-refractivity contribution < 1.29 is 9.90 Å². The van der Waals surface area contributed by atoms with Crippen LogP contribution in [0.4, 0.5) is 0 Å². The van der Waals surface area contributed by atoms with Crippen LogP contribution in [0.25, 0.3) is 0 Å². The van der Waals surface area contributed by atoms with Crippen LogP contribution in [-0.4, -0.2) is 10.9 Å². The van der Waals surface area contributed by atoms with E-state index < -0.39 is 5.41 Å². The van der Waals surface area contributed by atoms with Crippen molar-refractivity contribution in [3.8, 4) is 0 Å². The van der Waals surface area contributed by atoms with Crippen molar-refractivity contribution in [1.82, 2.24) is 0 Å². The van der Waals surface area contributed by atoms with Crippen LogP contribution < -0.4 is 0 Å². The number of aliphatic hydroxyl groups excluding tert-OH is 1. The quantitative estimate of drug-likeness (QED) is 0.391. The van der Waals surface area contributed by atoms with Gasteiger partial charge >= 0.3 is 0 Å². The first-order valence-corrected chi connectivity index (χ1v) is 3.86. The van der Waals surface area contributed by atoms with Gasteiger partial charge in [0.25, 0.3) is 0 Å². The van der Waals surface area contributed by atoms with E-state index in [0.29, 0.717) is 5.57 Å². The van der Waals surface area contributed by atoms with Crippen molar-refractivity contribution in [2.45, 2.75) is 27.7 Å².